The smallest absolute Gasteiger partial charge is 0.343 e. The van der Waals surface area contributed by atoms with Crippen molar-refractivity contribution in [2.24, 2.45) is 11.8 Å². The van der Waals surface area contributed by atoms with Crippen molar-refractivity contribution in [1.82, 2.24) is 9.55 Å². The lowest BCUT2D eigenvalue weighted by Gasteiger charge is -2.32. The van der Waals surface area contributed by atoms with Crippen LogP contribution in [0.2, 0.25) is 0 Å². The van der Waals surface area contributed by atoms with Crippen molar-refractivity contribution in [1.29, 1.82) is 0 Å². The van der Waals surface area contributed by atoms with Gasteiger partial charge in [-0.3, -0.25) is 9.36 Å². The molecule has 0 saturated heterocycles. The number of aliphatic hydroxyl groups is 1. The molecular formula is C23H24N2O4. The van der Waals surface area contributed by atoms with E-state index in [1.165, 1.54) is 13.8 Å². The number of fused-ring (bicyclic) bond motifs is 5. The Morgan fingerprint density at radius 1 is 1.31 bits per heavy atom. The van der Waals surface area contributed by atoms with Gasteiger partial charge < -0.3 is 9.84 Å². The fourth-order valence-corrected chi connectivity index (χ4v) is 4.16. The van der Waals surface area contributed by atoms with Gasteiger partial charge in [-0.05, 0) is 42.5 Å². The van der Waals surface area contributed by atoms with E-state index in [0.717, 1.165) is 4.57 Å². The van der Waals surface area contributed by atoms with Crippen LogP contribution in [-0.2, 0) is 21.7 Å². The highest BCUT2D eigenvalue weighted by molar-refractivity contribution is 5.84. The summed E-state index contributed by atoms with van der Waals surface area (Å²) in [6.45, 7) is 6.11. The summed E-state index contributed by atoms with van der Waals surface area (Å²) in [5, 5.41) is 11.4. The molecule has 0 spiro atoms. The molecular weight excluding hydrogens is 368 g/mol. The van der Waals surface area contributed by atoms with Crippen LogP contribution in [-0.4, -0.2) is 20.6 Å². The number of cyclic esters (lactones) is 1. The van der Waals surface area contributed by atoms with E-state index in [-0.39, 0.29) is 81.1 Å². The Labute approximate surface area is 175 Å². The second-order valence-corrected chi connectivity index (χ2v) is 7.89. The number of carbonyl (C=O) groups is 1. The Morgan fingerprint density at radius 2 is 2.03 bits per heavy atom. The maximum Gasteiger partial charge on any atom is 0.343 e. The molecule has 6 nitrogen and oxygen atoms in total. The fraction of sp³-hybridized carbons (Fsp3) is 0.435. The van der Waals surface area contributed by atoms with Crippen LogP contribution in [0.15, 0.2) is 16.9 Å². The molecule has 29 heavy (non-hydrogen) atoms. The Hall–Kier alpha value is -2.73. The number of aromatic nitrogens is 2. The molecule has 3 unspecified atom stereocenters. The van der Waals surface area contributed by atoms with E-state index < -0.39 is 29.8 Å². The molecule has 4 atom stereocenters. The number of hydrogen-bond acceptors (Lipinski definition) is 5. The van der Waals surface area contributed by atoms with Gasteiger partial charge in [-0.1, -0.05) is 32.9 Å². The Morgan fingerprint density at radius 3 is 2.76 bits per heavy atom. The van der Waals surface area contributed by atoms with Gasteiger partial charge in [-0.2, -0.15) is 0 Å². The molecule has 1 N–H and O–H groups in total. The number of ether oxygens (including phenoxy) is 1. The Balaban J connectivity index is 2.01. The van der Waals surface area contributed by atoms with Gasteiger partial charge in [0.1, 0.15) is 6.61 Å². The number of pyridine rings is 2. The van der Waals surface area contributed by atoms with Gasteiger partial charge in [0.25, 0.3) is 5.56 Å². The van der Waals surface area contributed by atoms with Gasteiger partial charge in [-0.25, -0.2) is 9.78 Å². The molecule has 0 fully saturated rings. The lowest BCUT2D eigenvalue weighted by Crippen LogP contribution is -2.44. The quantitative estimate of drug-likeness (QED) is 0.735. The summed E-state index contributed by atoms with van der Waals surface area (Å²) >= 11 is 0. The monoisotopic (exact) mass is 397 g/mol. The SMILES string of the molecule is [2H]C1=c2nc3c(c([2H])c2=C([2H])C(C)C1C)C([2H])(C)n1c-3c([2H])c2c(c1=O)COC(=O)[C@]2(O)CC. The van der Waals surface area contributed by atoms with E-state index in [1.807, 2.05) is 0 Å². The molecule has 0 radical (unpaired) electrons. The number of nitrogens with zero attached hydrogens (tertiary/aromatic N) is 2. The van der Waals surface area contributed by atoms with Crippen LogP contribution in [0, 0.1) is 11.8 Å². The average Bonchev–Trinajstić information content (AvgIpc) is 3.03. The van der Waals surface area contributed by atoms with Crippen molar-refractivity contribution >= 4 is 18.1 Å². The Bertz CT molecular complexity index is 1510. The molecule has 1 aliphatic carbocycles. The molecule has 2 aromatic heterocycles. The normalized spacial score (nSPS) is 34.7. The third-order valence-electron chi connectivity index (χ3n) is 6.20. The highest BCUT2D eigenvalue weighted by Gasteiger charge is 2.45. The third-order valence-corrected chi connectivity index (χ3v) is 6.20. The second-order valence-electron chi connectivity index (χ2n) is 7.89. The van der Waals surface area contributed by atoms with Crippen LogP contribution < -0.4 is 16.1 Å². The van der Waals surface area contributed by atoms with Gasteiger partial charge in [0.05, 0.1) is 35.2 Å². The van der Waals surface area contributed by atoms with E-state index in [0.29, 0.717) is 0 Å². The maximum atomic E-state index is 13.6. The first-order chi connectivity index (χ1) is 15.8. The minimum Gasteiger partial charge on any atom is -0.458 e. The summed E-state index contributed by atoms with van der Waals surface area (Å²) in [5.74, 6) is -1.60. The summed E-state index contributed by atoms with van der Waals surface area (Å²) in [6.07, 6.45) is -0.128. The van der Waals surface area contributed by atoms with Crippen LogP contribution in [0.5, 0.6) is 0 Å². The van der Waals surface area contributed by atoms with E-state index in [9.17, 15) is 14.7 Å². The fourth-order valence-electron chi connectivity index (χ4n) is 4.16. The molecule has 0 amide bonds. The topological polar surface area (TPSA) is 81.4 Å². The highest BCUT2D eigenvalue weighted by atomic mass is 16.6. The molecule has 6 heteroatoms. The van der Waals surface area contributed by atoms with Gasteiger partial charge in [0, 0.05) is 11.1 Å². The highest BCUT2D eigenvalue weighted by Crippen LogP contribution is 2.40. The van der Waals surface area contributed by atoms with Crippen LogP contribution in [0.3, 0.4) is 0 Å². The molecule has 0 bridgehead atoms. The van der Waals surface area contributed by atoms with Crippen LogP contribution >= 0.6 is 0 Å². The molecule has 3 aliphatic rings. The molecule has 2 aromatic rings. The zero-order chi connectivity index (χ0) is 25.1. The van der Waals surface area contributed by atoms with E-state index in [2.05, 4.69) is 4.98 Å². The molecule has 2 aliphatic heterocycles. The summed E-state index contributed by atoms with van der Waals surface area (Å²) in [5.41, 5.74) is -3.17. The molecule has 150 valence electrons. The van der Waals surface area contributed by atoms with Gasteiger partial charge in [-0.15, -0.1) is 0 Å². The number of rotatable bonds is 1. The van der Waals surface area contributed by atoms with E-state index in [4.69, 9.17) is 11.6 Å². The predicted octanol–water partition coefficient (Wildman–Crippen LogP) is 1.33. The third kappa shape index (κ3) is 2.29. The predicted molar refractivity (Wildman–Crippen MR) is 108 cm³/mol. The van der Waals surface area contributed by atoms with Crippen molar-refractivity contribution < 1.29 is 21.5 Å². The zero-order valence-electron chi connectivity index (χ0n) is 21.6. The first-order valence-corrected chi connectivity index (χ1v) is 9.72. The second kappa shape index (κ2) is 5.89. The largest absolute Gasteiger partial charge is 0.458 e. The summed E-state index contributed by atoms with van der Waals surface area (Å²) < 4.78 is 50.2. The lowest BCUT2D eigenvalue weighted by atomic mass is 9.86. The van der Waals surface area contributed by atoms with Crippen molar-refractivity contribution in [3.63, 3.8) is 0 Å². The van der Waals surface area contributed by atoms with E-state index >= 15 is 0 Å². The van der Waals surface area contributed by atoms with Gasteiger partial charge in [0.2, 0.25) is 0 Å². The first kappa shape index (κ1) is 13.5. The van der Waals surface area contributed by atoms with E-state index in [1.54, 1.807) is 13.8 Å². The maximum absolute atomic E-state index is 13.6. The van der Waals surface area contributed by atoms with Crippen molar-refractivity contribution in [2.45, 2.75) is 52.3 Å². The average molecular weight is 397 g/mol. The number of carbonyl (C=O) groups excluding carboxylic acids is 1. The first-order valence-electron chi connectivity index (χ1n) is 12.2. The minimum atomic E-state index is -2.20. The standard InChI is InChI=1S/C23H24N2O4/c1-5-23(28)17-9-19-20-15(8-14-6-11(2)12(3)7-18(14)24-20)13(4)25(19)21(26)16(17)10-29-22(23)27/h6-9,11-13,28H,5,10H2,1-4H3/t11?,12?,13?,23-/m0/s1/i6D,7D,8D,9D,13D. The van der Waals surface area contributed by atoms with Crippen molar-refractivity contribution in [3.8, 4) is 11.4 Å². The molecule has 5 rings (SSSR count). The van der Waals surface area contributed by atoms with Gasteiger partial charge >= 0.3 is 5.97 Å². The van der Waals surface area contributed by atoms with Crippen LogP contribution in [0.4, 0.5) is 0 Å². The van der Waals surface area contributed by atoms with Crippen LogP contribution in [0.25, 0.3) is 23.5 Å². The summed E-state index contributed by atoms with van der Waals surface area (Å²) in [7, 11) is 0. The van der Waals surface area contributed by atoms with Crippen molar-refractivity contribution in [2.75, 3.05) is 0 Å². The van der Waals surface area contributed by atoms with Crippen molar-refractivity contribution in [3.05, 3.63) is 49.7 Å². The molecule has 0 aromatic carbocycles. The summed E-state index contributed by atoms with van der Waals surface area (Å²) in [6, 6.07) is -2.07. The number of hydrogen-bond donors (Lipinski definition) is 1. The Kier molecular flexibility index (Phi) is 2.74. The molecule has 4 heterocycles. The van der Waals surface area contributed by atoms with Crippen LogP contribution in [0.1, 0.15) is 63.7 Å². The summed E-state index contributed by atoms with van der Waals surface area (Å²) in [4.78, 5) is 30.6. The molecule has 0 saturated carbocycles. The lowest BCUT2D eigenvalue weighted by molar-refractivity contribution is -0.172. The number of esters is 1. The van der Waals surface area contributed by atoms with Gasteiger partial charge in [0.15, 0.2) is 5.60 Å². The zero-order valence-corrected chi connectivity index (χ0v) is 16.6. The minimum absolute atomic E-state index is 0.0165.